The van der Waals surface area contributed by atoms with Crippen LogP contribution in [0.25, 0.3) is 5.57 Å². The van der Waals surface area contributed by atoms with Gasteiger partial charge < -0.3 is 9.47 Å². The zero-order valence-corrected chi connectivity index (χ0v) is 17.0. The molecule has 1 aliphatic heterocycles. The summed E-state index contributed by atoms with van der Waals surface area (Å²) < 4.78 is 50.7. The minimum absolute atomic E-state index is 0.0298. The molecule has 4 nitrogen and oxygen atoms in total. The number of halogens is 3. The molecule has 0 N–H and O–H groups in total. The van der Waals surface area contributed by atoms with Gasteiger partial charge in [0.1, 0.15) is 5.57 Å². The van der Waals surface area contributed by atoms with Crippen LogP contribution in [0.5, 0.6) is 0 Å². The maximum atomic E-state index is 13.1. The van der Waals surface area contributed by atoms with Gasteiger partial charge in [0.15, 0.2) is 11.4 Å². The molecule has 3 rings (SSSR count). The summed E-state index contributed by atoms with van der Waals surface area (Å²) >= 11 is 0. The summed E-state index contributed by atoms with van der Waals surface area (Å²) in [6.07, 6.45) is -4.71. The molecule has 1 saturated carbocycles. The Morgan fingerprint density at radius 2 is 1.83 bits per heavy atom. The number of ether oxygens (including phenoxy) is 2. The third-order valence-electron chi connectivity index (χ3n) is 5.73. The highest BCUT2D eigenvalue weighted by atomic mass is 19.4. The lowest BCUT2D eigenvalue weighted by Crippen LogP contribution is -2.41. The first-order chi connectivity index (χ1) is 13.4. The molecule has 1 spiro atoms. The Kier molecular flexibility index (Phi) is 5.54. The molecule has 1 heterocycles. The van der Waals surface area contributed by atoms with Crippen LogP contribution in [0, 0.1) is 25.7 Å². The summed E-state index contributed by atoms with van der Waals surface area (Å²) in [6.45, 7) is 7.01. The van der Waals surface area contributed by atoms with Crippen molar-refractivity contribution in [2.45, 2.75) is 65.2 Å². The van der Waals surface area contributed by atoms with Crippen LogP contribution in [-0.2, 0) is 19.1 Å². The molecule has 0 radical (unpaired) electrons. The average molecular weight is 410 g/mol. The number of hydrogen-bond donors (Lipinski definition) is 0. The molecule has 1 aliphatic carbocycles. The van der Waals surface area contributed by atoms with Crippen LogP contribution in [0.2, 0.25) is 0 Å². The molecule has 1 aromatic carbocycles. The number of alkyl halides is 3. The standard InChI is InChI=1S/C22H25F3O4/c1-12(2)19(26)28-18-17(16-11-13(3)5-6-14(16)4)20(27)29-21(18)9-7-15(8-10-21)22(23,24)25/h5-6,11-12,15H,7-10H2,1-4H3. The van der Waals surface area contributed by atoms with Crippen molar-refractivity contribution in [3.05, 3.63) is 40.6 Å². The largest absolute Gasteiger partial charge is 0.447 e. The van der Waals surface area contributed by atoms with E-state index in [0.29, 0.717) is 5.56 Å². The lowest BCUT2D eigenvalue weighted by atomic mass is 9.76. The van der Waals surface area contributed by atoms with Gasteiger partial charge in [-0.2, -0.15) is 13.2 Å². The molecule has 7 heteroatoms. The van der Waals surface area contributed by atoms with Gasteiger partial charge in [-0.3, -0.25) is 4.79 Å². The Hall–Kier alpha value is -2.31. The van der Waals surface area contributed by atoms with E-state index in [1.54, 1.807) is 19.9 Å². The van der Waals surface area contributed by atoms with Crippen LogP contribution >= 0.6 is 0 Å². The van der Waals surface area contributed by atoms with Gasteiger partial charge in [0, 0.05) is 0 Å². The van der Waals surface area contributed by atoms with E-state index in [1.807, 2.05) is 26.0 Å². The number of hydrogen-bond acceptors (Lipinski definition) is 4. The molecule has 0 saturated heterocycles. The predicted molar refractivity (Wildman–Crippen MR) is 101 cm³/mol. The topological polar surface area (TPSA) is 52.6 Å². The van der Waals surface area contributed by atoms with Gasteiger partial charge in [-0.25, -0.2) is 4.79 Å². The van der Waals surface area contributed by atoms with Crippen molar-refractivity contribution >= 4 is 17.5 Å². The summed E-state index contributed by atoms with van der Waals surface area (Å²) in [5.41, 5.74) is 1.10. The summed E-state index contributed by atoms with van der Waals surface area (Å²) in [7, 11) is 0. The highest BCUT2D eigenvalue weighted by Crippen LogP contribution is 2.51. The van der Waals surface area contributed by atoms with Crippen molar-refractivity contribution in [2.75, 3.05) is 0 Å². The SMILES string of the molecule is Cc1ccc(C)c(C2=C(OC(=O)C(C)C)C3(CCC(C(F)(F)F)CC3)OC2=O)c1. The zero-order chi connectivity index (χ0) is 21.6. The minimum Gasteiger partial charge on any atom is -0.447 e. The maximum Gasteiger partial charge on any atom is 0.391 e. The fraction of sp³-hybridized carbons (Fsp3) is 0.545. The van der Waals surface area contributed by atoms with Crippen LogP contribution < -0.4 is 0 Å². The Labute approximate surface area is 168 Å². The van der Waals surface area contributed by atoms with E-state index in [4.69, 9.17) is 9.47 Å². The Morgan fingerprint density at radius 3 is 2.38 bits per heavy atom. The monoisotopic (exact) mass is 410 g/mol. The second-order valence-electron chi connectivity index (χ2n) is 8.30. The van der Waals surface area contributed by atoms with Gasteiger partial charge in [0.2, 0.25) is 0 Å². The van der Waals surface area contributed by atoms with Gasteiger partial charge >= 0.3 is 18.1 Å². The molecule has 0 atom stereocenters. The highest BCUT2D eigenvalue weighted by Gasteiger charge is 2.55. The molecule has 158 valence electrons. The minimum atomic E-state index is -4.29. The first-order valence-corrected chi connectivity index (χ1v) is 9.79. The smallest absolute Gasteiger partial charge is 0.391 e. The second-order valence-corrected chi connectivity index (χ2v) is 8.30. The predicted octanol–water partition coefficient (Wildman–Crippen LogP) is 5.26. The van der Waals surface area contributed by atoms with Crippen molar-refractivity contribution in [2.24, 2.45) is 11.8 Å². The Balaban J connectivity index is 2.08. The summed E-state index contributed by atoms with van der Waals surface area (Å²) in [4.78, 5) is 25.2. The molecule has 0 bridgehead atoms. The quantitative estimate of drug-likeness (QED) is 0.638. The molecule has 1 aromatic rings. The lowest BCUT2D eigenvalue weighted by Gasteiger charge is -2.37. The molecule has 0 amide bonds. The second kappa shape index (κ2) is 7.50. The van der Waals surface area contributed by atoms with Gasteiger partial charge in [-0.15, -0.1) is 0 Å². The van der Waals surface area contributed by atoms with E-state index in [0.717, 1.165) is 11.1 Å². The van der Waals surface area contributed by atoms with Crippen molar-refractivity contribution in [1.29, 1.82) is 0 Å². The van der Waals surface area contributed by atoms with E-state index < -0.39 is 35.6 Å². The third-order valence-corrected chi connectivity index (χ3v) is 5.73. The average Bonchev–Trinajstić information content (AvgIpc) is 2.87. The third kappa shape index (κ3) is 4.05. The van der Waals surface area contributed by atoms with E-state index in [2.05, 4.69) is 0 Å². The van der Waals surface area contributed by atoms with E-state index in [1.165, 1.54) is 0 Å². The van der Waals surface area contributed by atoms with E-state index >= 15 is 0 Å². The van der Waals surface area contributed by atoms with E-state index in [-0.39, 0.29) is 37.0 Å². The van der Waals surface area contributed by atoms with E-state index in [9.17, 15) is 22.8 Å². The molecule has 0 unspecified atom stereocenters. The summed E-state index contributed by atoms with van der Waals surface area (Å²) in [6, 6.07) is 5.54. The molecule has 0 aromatic heterocycles. The molecule has 1 fully saturated rings. The van der Waals surface area contributed by atoms with Gasteiger partial charge in [-0.05, 0) is 50.7 Å². The zero-order valence-electron chi connectivity index (χ0n) is 17.0. The van der Waals surface area contributed by atoms with Crippen LogP contribution in [-0.4, -0.2) is 23.7 Å². The molecular weight excluding hydrogens is 385 g/mol. The number of aryl methyl sites for hydroxylation is 2. The first kappa shape index (κ1) is 21.4. The fourth-order valence-electron chi connectivity index (χ4n) is 3.94. The van der Waals surface area contributed by atoms with Crippen LogP contribution in [0.15, 0.2) is 24.0 Å². The van der Waals surface area contributed by atoms with Crippen molar-refractivity contribution < 1.29 is 32.2 Å². The number of benzene rings is 1. The normalized spacial score (nSPS) is 25.0. The van der Waals surface area contributed by atoms with Crippen LogP contribution in [0.4, 0.5) is 13.2 Å². The number of rotatable bonds is 3. The van der Waals surface area contributed by atoms with Gasteiger partial charge in [-0.1, -0.05) is 37.6 Å². The van der Waals surface area contributed by atoms with Crippen LogP contribution in [0.3, 0.4) is 0 Å². The fourth-order valence-corrected chi connectivity index (χ4v) is 3.94. The van der Waals surface area contributed by atoms with Crippen molar-refractivity contribution in [3.8, 4) is 0 Å². The van der Waals surface area contributed by atoms with Gasteiger partial charge in [0.25, 0.3) is 0 Å². The summed E-state index contributed by atoms with van der Waals surface area (Å²) in [5, 5.41) is 0. The molecule has 2 aliphatic rings. The summed E-state index contributed by atoms with van der Waals surface area (Å²) in [5.74, 6) is -3.04. The maximum absolute atomic E-state index is 13.1. The first-order valence-electron chi connectivity index (χ1n) is 9.79. The van der Waals surface area contributed by atoms with Crippen molar-refractivity contribution in [3.63, 3.8) is 0 Å². The number of carbonyl (C=O) groups excluding carboxylic acids is 2. The van der Waals surface area contributed by atoms with Crippen molar-refractivity contribution in [1.82, 2.24) is 0 Å². The lowest BCUT2D eigenvalue weighted by molar-refractivity contribution is -0.195. The molecule has 29 heavy (non-hydrogen) atoms. The van der Waals surface area contributed by atoms with Gasteiger partial charge in [0.05, 0.1) is 11.8 Å². The number of esters is 2. The van der Waals surface area contributed by atoms with Crippen LogP contribution in [0.1, 0.15) is 56.2 Å². The Bertz CT molecular complexity index is 859. The number of carbonyl (C=O) groups is 2. The highest BCUT2D eigenvalue weighted by molar-refractivity contribution is 6.20. The molecular formula is C22H25F3O4. The Morgan fingerprint density at radius 1 is 1.21 bits per heavy atom.